The Bertz CT molecular complexity index is 885. The first-order valence-corrected chi connectivity index (χ1v) is 16.9. The topological polar surface area (TPSA) is 64.2 Å². The van der Waals surface area contributed by atoms with Crippen molar-refractivity contribution in [2.45, 2.75) is 141 Å². The number of allylic oxidation sites excluding steroid dienone is 2. The third kappa shape index (κ3) is 21.8. The maximum atomic E-state index is 11.9. The predicted molar refractivity (Wildman–Crippen MR) is 173 cm³/mol. The molecule has 2 aromatic heterocycles. The van der Waals surface area contributed by atoms with Gasteiger partial charge in [0.25, 0.3) is 0 Å². The van der Waals surface area contributed by atoms with E-state index >= 15 is 0 Å². The van der Waals surface area contributed by atoms with E-state index in [-0.39, 0.29) is 0 Å². The van der Waals surface area contributed by atoms with Crippen LogP contribution in [0.15, 0.2) is 66.3 Å². The molecule has 0 amide bonds. The lowest BCUT2D eigenvalue weighted by Gasteiger charge is -2.04. The molecular formula is C36H58N4O. The van der Waals surface area contributed by atoms with Crippen molar-refractivity contribution in [3.8, 4) is 0 Å². The van der Waals surface area contributed by atoms with Crippen LogP contribution in [0.2, 0.25) is 0 Å². The number of hydrogen-bond acceptors (Lipinski definition) is 4. The summed E-state index contributed by atoms with van der Waals surface area (Å²) < 4.78 is 0. The highest BCUT2D eigenvalue weighted by atomic mass is 16.5. The van der Waals surface area contributed by atoms with E-state index in [1.807, 2.05) is 36.9 Å². The van der Waals surface area contributed by atoms with Gasteiger partial charge < -0.3 is 5.21 Å². The van der Waals surface area contributed by atoms with Gasteiger partial charge in [0, 0.05) is 31.2 Å². The first-order valence-electron chi connectivity index (χ1n) is 16.9. The van der Waals surface area contributed by atoms with Crippen LogP contribution in [0.3, 0.4) is 0 Å². The number of rotatable bonds is 27. The molecule has 5 nitrogen and oxygen atoms in total. The number of aryl methyl sites for hydroxylation is 2. The smallest absolute Gasteiger partial charge is 0.180 e. The van der Waals surface area contributed by atoms with E-state index in [2.05, 4.69) is 39.4 Å². The summed E-state index contributed by atoms with van der Waals surface area (Å²) in [6, 6.07) is 8.35. The number of nitrogens with zero attached hydrogens (tertiary/aromatic N) is 4. The summed E-state index contributed by atoms with van der Waals surface area (Å²) in [5.74, 6) is 0. The van der Waals surface area contributed by atoms with Gasteiger partial charge in [-0.15, -0.1) is 0 Å². The van der Waals surface area contributed by atoms with E-state index in [1.54, 1.807) is 0 Å². The number of hydrogen-bond donors (Lipinski definition) is 0. The van der Waals surface area contributed by atoms with Gasteiger partial charge >= 0.3 is 0 Å². The number of pyridine rings is 2. The predicted octanol–water partition coefficient (Wildman–Crippen LogP) is 10.6. The molecule has 0 unspecified atom stereocenters. The van der Waals surface area contributed by atoms with E-state index < -0.39 is 0 Å². The Hall–Kier alpha value is -2.56. The minimum absolute atomic E-state index is 0.565. The SMILES string of the molecule is [O-][N+](CCCCCCCCCC/C=C/CCc1cccnc1)=NCCCCCCCCCCCCc1cccnc1. The van der Waals surface area contributed by atoms with Gasteiger partial charge in [-0.3, -0.25) is 9.97 Å². The first kappa shape index (κ1) is 34.6. The Balaban J connectivity index is 1.24. The van der Waals surface area contributed by atoms with Crippen molar-refractivity contribution < 1.29 is 4.86 Å². The molecule has 2 aromatic rings. The van der Waals surface area contributed by atoms with E-state index in [0.717, 1.165) is 43.4 Å². The van der Waals surface area contributed by atoms with Crippen molar-refractivity contribution in [3.63, 3.8) is 0 Å². The summed E-state index contributed by atoms with van der Waals surface area (Å²) in [4.78, 5) is 9.29. The molecule has 0 aliphatic rings. The van der Waals surface area contributed by atoms with Gasteiger partial charge in [0.1, 0.15) is 6.54 Å². The molecule has 0 atom stereocenters. The lowest BCUT2D eigenvalue weighted by molar-refractivity contribution is -0.531. The normalized spacial score (nSPS) is 12.0. The summed E-state index contributed by atoms with van der Waals surface area (Å²) in [6.45, 7) is 1.26. The highest BCUT2D eigenvalue weighted by molar-refractivity contribution is 5.09. The molecule has 0 saturated heterocycles. The van der Waals surface area contributed by atoms with Gasteiger partial charge in [0.05, 0.1) is 0 Å². The van der Waals surface area contributed by atoms with E-state index in [0.29, 0.717) is 13.1 Å². The van der Waals surface area contributed by atoms with Crippen molar-refractivity contribution in [3.05, 3.63) is 77.5 Å². The molecule has 0 bridgehead atoms. The van der Waals surface area contributed by atoms with E-state index in [4.69, 9.17) is 0 Å². The lowest BCUT2D eigenvalue weighted by Crippen LogP contribution is -2.04. The van der Waals surface area contributed by atoms with E-state index in [1.165, 1.54) is 114 Å². The van der Waals surface area contributed by atoms with Crippen LogP contribution >= 0.6 is 0 Å². The minimum atomic E-state index is 0.565. The van der Waals surface area contributed by atoms with Crippen molar-refractivity contribution in [1.82, 2.24) is 9.97 Å². The molecule has 0 saturated carbocycles. The molecule has 0 aliphatic carbocycles. The van der Waals surface area contributed by atoms with Crippen molar-refractivity contribution in [2.24, 2.45) is 5.11 Å². The number of azo groups is 1. The monoisotopic (exact) mass is 562 g/mol. The fourth-order valence-electron chi connectivity index (χ4n) is 5.26. The largest absolute Gasteiger partial charge is 0.600 e. The highest BCUT2D eigenvalue weighted by Gasteiger charge is 1.99. The van der Waals surface area contributed by atoms with Crippen LogP contribution in [0.4, 0.5) is 0 Å². The molecule has 0 aliphatic heterocycles. The van der Waals surface area contributed by atoms with Crippen LogP contribution in [-0.4, -0.2) is 27.9 Å². The second-order valence-corrected chi connectivity index (χ2v) is 11.6. The summed E-state index contributed by atoms with van der Waals surface area (Å²) >= 11 is 0. The average Bonchev–Trinajstić information content (AvgIpc) is 3.00. The van der Waals surface area contributed by atoms with Crippen LogP contribution in [-0.2, 0) is 12.8 Å². The molecule has 2 rings (SSSR count). The van der Waals surface area contributed by atoms with Gasteiger partial charge in [0.15, 0.2) is 6.54 Å². The summed E-state index contributed by atoms with van der Waals surface area (Å²) in [7, 11) is 0. The molecule has 5 heteroatoms. The number of hydroxylamine groups is 1. The molecule has 0 aromatic carbocycles. The molecule has 2 heterocycles. The molecule has 0 fully saturated rings. The zero-order valence-corrected chi connectivity index (χ0v) is 25.9. The first-order chi connectivity index (χ1) is 20.3. The Kier molecular flexibility index (Phi) is 22.3. The standard InChI is InChI=1S/C36H58N4O/c41-40(39-31-21-17-13-9-5-4-8-12-16-20-26-36-28-24-30-38-34-36)32-22-18-14-10-6-2-1-3-7-11-15-19-25-35-27-23-29-37-33-35/h11,15,23-24,27-30,33-34H,1-10,12-14,16-22,25-26,31-32H2/b15-11+,40-39?. The summed E-state index contributed by atoms with van der Waals surface area (Å²) in [5, 5.41) is 16.1. The Labute approximate surface area is 251 Å². The van der Waals surface area contributed by atoms with Crippen LogP contribution in [0.25, 0.3) is 0 Å². The number of aromatic nitrogens is 2. The molecule has 228 valence electrons. The second-order valence-electron chi connectivity index (χ2n) is 11.6. The molecule has 0 spiro atoms. The Morgan fingerprint density at radius 2 is 1.05 bits per heavy atom. The fraction of sp³-hybridized carbons (Fsp3) is 0.667. The zero-order chi connectivity index (χ0) is 28.9. The quantitative estimate of drug-likeness (QED) is 0.0357. The van der Waals surface area contributed by atoms with Crippen LogP contribution in [0.5, 0.6) is 0 Å². The van der Waals surface area contributed by atoms with E-state index in [9.17, 15) is 5.21 Å². The Morgan fingerprint density at radius 3 is 1.63 bits per heavy atom. The van der Waals surface area contributed by atoms with Crippen LogP contribution in [0, 0.1) is 5.21 Å². The van der Waals surface area contributed by atoms with Crippen LogP contribution < -0.4 is 0 Å². The summed E-state index contributed by atoms with van der Waals surface area (Å²) in [6.07, 6.45) is 39.6. The van der Waals surface area contributed by atoms with Crippen LogP contribution in [0.1, 0.15) is 140 Å². The number of unbranched alkanes of at least 4 members (excludes halogenated alkanes) is 17. The van der Waals surface area contributed by atoms with Crippen molar-refractivity contribution in [1.29, 1.82) is 0 Å². The molecule has 41 heavy (non-hydrogen) atoms. The molecule has 0 N–H and O–H groups in total. The van der Waals surface area contributed by atoms with Crippen molar-refractivity contribution in [2.75, 3.05) is 13.1 Å². The van der Waals surface area contributed by atoms with Gasteiger partial charge in [-0.2, -0.15) is 0 Å². The second kappa shape index (κ2) is 26.3. The molecule has 0 radical (unpaired) electrons. The van der Waals surface area contributed by atoms with Gasteiger partial charge in [-0.1, -0.05) is 113 Å². The Morgan fingerprint density at radius 1 is 0.561 bits per heavy atom. The van der Waals surface area contributed by atoms with Crippen molar-refractivity contribution >= 4 is 0 Å². The minimum Gasteiger partial charge on any atom is -0.600 e. The zero-order valence-electron chi connectivity index (χ0n) is 25.9. The van der Waals surface area contributed by atoms with Gasteiger partial charge in [0.2, 0.25) is 0 Å². The molecular weight excluding hydrogens is 504 g/mol. The van der Waals surface area contributed by atoms with Gasteiger partial charge in [-0.25, -0.2) is 0 Å². The highest BCUT2D eigenvalue weighted by Crippen LogP contribution is 2.13. The lowest BCUT2D eigenvalue weighted by atomic mass is 10.0. The third-order valence-electron chi connectivity index (χ3n) is 7.81. The maximum Gasteiger partial charge on any atom is 0.180 e. The average molecular weight is 563 g/mol. The third-order valence-corrected chi connectivity index (χ3v) is 7.81. The fourth-order valence-corrected chi connectivity index (χ4v) is 5.26. The van der Waals surface area contributed by atoms with Gasteiger partial charge in [-0.05, 0) is 79.7 Å². The summed E-state index contributed by atoms with van der Waals surface area (Å²) in [5.41, 5.74) is 2.68. The maximum absolute atomic E-state index is 11.9.